The van der Waals surface area contributed by atoms with E-state index in [1.54, 1.807) is 0 Å². The largest absolute Gasteiger partial charge is 0.299 e. The fraction of sp³-hybridized carbons (Fsp3) is 0.600. The zero-order valence-electron chi connectivity index (χ0n) is 11.0. The molecule has 1 aliphatic rings. The molecule has 2 heteroatoms. The molecule has 1 aromatic carbocycles. The first-order valence-electron chi connectivity index (χ1n) is 6.42. The normalized spacial score (nSPS) is 22.0. The Morgan fingerprint density at radius 1 is 1.35 bits per heavy atom. The van der Waals surface area contributed by atoms with E-state index in [1.807, 2.05) is 0 Å². The highest BCUT2D eigenvalue weighted by Crippen LogP contribution is 2.34. The molecular weight excluding hydrogens is 274 g/mol. The first kappa shape index (κ1) is 13.1. The third-order valence-corrected chi connectivity index (χ3v) is 4.29. The summed E-state index contributed by atoms with van der Waals surface area (Å²) in [5.41, 5.74) is 1.86. The minimum Gasteiger partial charge on any atom is -0.299 e. The Hall–Kier alpha value is -0.340. The minimum absolute atomic E-state index is 0.450. The van der Waals surface area contributed by atoms with E-state index >= 15 is 0 Å². The summed E-state index contributed by atoms with van der Waals surface area (Å²) < 4.78 is 1.18. The van der Waals surface area contributed by atoms with Crippen LogP contribution in [-0.4, -0.2) is 18.0 Å². The van der Waals surface area contributed by atoms with Crippen LogP contribution in [0.2, 0.25) is 0 Å². The maximum atomic E-state index is 3.54. The summed E-state index contributed by atoms with van der Waals surface area (Å²) in [6.45, 7) is 10.7. The van der Waals surface area contributed by atoms with Crippen LogP contribution in [0.25, 0.3) is 0 Å². The van der Waals surface area contributed by atoms with Gasteiger partial charge in [0.15, 0.2) is 0 Å². The molecule has 0 N–H and O–H groups in total. The van der Waals surface area contributed by atoms with E-state index < -0.39 is 0 Å². The van der Waals surface area contributed by atoms with Crippen molar-refractivity contribution in [2.75, 3.05) is 13.1 Å². The van der Waals surface area contributed by atoms with Crippen LogP contribution < -0.4 is 0 Å². The van der Waals surface area contributed by atoms with E-state index in [1.165, 1.54) is 29.5 Å². The minimum atomic E-state index is 0.450. The Morgan fingerprint density at radius 2 is 2.12 bits per heavy atom. The van der Waals surface area contributed by atoms with E-state index in [9.17, 15) is 0 Å². The molecule has 1 nitrogen and oxygen atoms in total. The maximum absolute atomic E-state index is 3.54. The van der Waals surface area contributed by atoms with Crippen molar-refractivity contribution >= 4 is 15.9 Å². The SMILES string of the molecule is CC(C)(C)C1CCN(Cc2cccc(Br)c2)C1. The fourth-order valence-corrected chi connectivity index (χ4v) is 3.02. The number of likely N-dealkylation sites (tertiary alicyclic amines) is 1. The van der Waals surface area contributed by atoms with Crippen molar-refractivity contribution in [3.05, 3.63) is 34.3 Å². The first-order valence-corrected chi connectivity index (χ1v) is 7.21. The van der Waals surface area contributed by atoms with Crippen molar-refractivity contribution in [2.45, 2.75) is 33.7 Å². The maximum Gasteiger partial charge on any atom is 0.0234 e. The standard InChI is InChI=1S/C15H22BrN/c1-15(2,3)13-7-8-17(11-13)10-12-5-4-6-14(16)9-12/h4-6,9,13H,7-8,10-11H2,1-3H3. The fourth-order valence-electron chi connectivity index (χ4n) is 2.58. The number of benzene rings is 1. The zero-order chi connectivity index (χ0) is 12.5. The molecule has 1 heterocycles. The summed E-state index contributed by atoms with van der Waals surface area (Å²) >= 11 is 3.54. The van der Waals surface area contributed by atoms with E-state index in [4.69, 9.17) is 0 Å². The predicted molar refractivity (Wildman–Crippen MR) is 77.0 cm³/mol. The van der Waals surface area contributed by atoms with Crippen LogP contribution >= 0.6 is 15.9 Å². The third-order valence-electron chi connectivity index (χ3n) is 3.79. The van der Waals surface area contributed by atoms with Crippen molar-refractivity contribution in [1.82, 2.24) is 4.90 Å². The van der Waals surface area contributed by atoms with Gasteiger partial charge in [0.25, 0.3) is 0 Å². The quantitative estimate of drug-likeness (QED) is 0.785. The van der Waals surface area contributed by atoms with Crippen molar-refractivity contribution in [2.24, 2.45) is 11.3 Å². The Kier molecular flexibility index (Phi) is 3.94. The molecule has 1 unspecified atom stereocenters. The predicted octanol–water partition coefficient (Wildman–Crippen LogP) is 4.32. The molecular formula is C15H22BrN. The van der Waals surface area contributed by atoms with Gasteiger partial charge in [0, 0.05) is 17.6 Å². The van der Waals surface area contributed by atoms with E-state index in [-0.39, 0.29) is 0 Å². The van der Waals surface area contributed by atoms with Gasteiger partial charge in [0.05, 0.1) is 0 Å². The van der Waals surface area contributed by atoms with Gasteiger partial charge < -0.3 is 0 Å². The van der Waals surface area contributed by atoms with Gasteiger partial charge in [-0.3, -0.25) is 4.90 Å². The van der Waals surface area contributed by atoms with Gasteiger partial charge in [0.2, 0.25) is 0 Å². The molecule has 1 atom stereocenters. The van der Waals surface area contributed by atoms with E-state index in [0.29, 0.717) is 5.41 Å². The zero-order valence-corrected chi connectivity index (χ0v) is 12.6. The molecule has 1 aromatic rings. The van der Waals surface area contributed by atoms with Crippen molar-refractivity contribution < 1.29 is 0 Å². The molecule has 0 aliphatic carbocycles. The van der Waals surface area contributed by atoms with Gasteiger partial charge in [-0.15, -0.1) is 0 Å². The summed E-state index contributed by atoms with van der Waals surface area (Å²) in [6.07, 6.45) is 1.34. The second-order valence-corrected chi connectivity index (χ2v) is 7.13. The Labute approximate surface area is 113 Å². The molecule has 1 aliphatic heterocycles. The van der Waals surface area contributed by atoms with Gasteiger partial charge in [-0.25, -0.2) is 0 Å². The lowest BCUT2D eigenvalue weighted by molar-refractivity contribution is 0.226. The summed E-state index contributed by atoms with van der Waals surface area (Å²) in [6, 6.07) is 8.65. The number of rotatable bonds is 2. The van der Waals surface area contributed by atoms with Gasteiger partial charge in [0.1, 0.15) is 0 Å². The number of halogens is 1. The molecule has 0 spiro atoms. The van der Waals surface area contributed by atoms with Gasteiger partial charge >= 0.3 is 0 Å². The van der Waals surface area contributed by atoms with Gasteiger partial charge in [-0.1, -0.05) is 48.8 Å². The topological polar surface area (TPSA) is 3.24 Å². The second-order valence-electron chi connectivity index (χ2n) is 6.22. The Morgan fingerprint density at radius 3 is 2.71 bits per heavy atom. The lowest BCUT2D eigenvalue weighted by Gasteiger charge is -2.27. The van der Waals surface area contributed by atoms with Gasteiger partial charge in [-0.05, 0) is 42.0 Å². The molecule has 0 bridgehead atoms. The van der Waals surface area contributed by atoms with Gasteiger partial charge in [-0.2, -0.15) is 0 Å². The highest BCUT2D eigenvalue weighted by atomic mass is 79.9. The van der Waals surface area contributed by atoms with E-state index in [0.717, 1.165) is 12.5 Å². The molecule has 17 heavy (non-hydrogen) atoms. The number of hydrogen-bond acceptors (Lipinski definition) is 1. The van der Waals surface area contributed by atoms with Crippen molar-refractivity contribution in [3.8, 4) is 0 Å². The van der Waals surface area contributed by atoms with Crippen molar-refractivity contribution in [3.63, 3.8) is 0 Å². The lowest BCUT2D eigenvalue weighted by Crippen LogP contribution is -2.25. The Balaban J connectivity index is 1.94. The van der Waals surface area contributed by atoms with Crippen LogP contribution in [0.3, 0.4) is 0 Å². The molecule has 94 valence electrons. The summed E-state index contributed by atoms with van der Waals surface area (Å²) in [5, 5.41) is 0. The molecule has 1 fully saturated rings. The van der Waals surface area contributed by atoms with Crippen LogP contribution in [0.15, 0.2) is 28.7 Å². The smallest absolute Gasteiger partial charge is 0.0234 e. The number of nitrogens with zero attached hydrogens (tertiary/aromatic N) is 1. The average molecular weight is 296 g/mol. The van der Waals surface area contributed by atoms with E-state index in [2.05, 4.69) is 65.9 Å². The molecule has 0 radical (unpaired) electrons. The molecule has 0 saturated carbocycles. The summed E-state index contributed by atoms with van der Waals surface area (Å²) in [7, 11) is 0. The van der Waals surface area contributed by atoms with Crippen LogP contribution in [0.1, 0.15) is 32.8 Å². The van der Waals surface area contributed by atoms with Crippen molar-refractivity contribution in [1.29, 1.82) is 0 Å². The number of hydrogen-bond donors (Lipinski definition) is 0. The first-order chi connectivity index (χ1) is 7.95. The van der Waals surface area contributed by atoms with Crippen LogP contribution in [-0.2, 0) is 6.54 Å². The Bertz CT molecular complexity index is 381. The van der Waals surface area contributed by atoms with Crippen LogP contribution in [0.4, 0.5) is 0 Å². The lowest BCUT2D eigenvalue weighted by atomic mass is 9.80. The molecule has 1 saturated heterocycles. The second kappa shape index (κ2) is 5.11. The summed E-state index contributed by atoms with van der Waals surface area (Å²) in [4.78, 5) is 2.58. The molecule has 0 aromatic heterocycles. The van der Waals surface area contributed by atoms with Crippen LogP contribution in [0, 0.1) is 11.3 Å². The highest BCUT2D eigenvalue weighted by Gasteiger charge is 2.31. The monoisotopic (exact) mass is 295 g/mol. The molecule has 2 rings (SSSR count). The summed E-state index contributed by atoms with van der Waals surface area (Å²) in [5.74, 6) is 0.842. The average Bonchev–Trinajstić information content (AvgIpc) is 2.65. The molecule has 0 amide bonds. The third kappa shape index (κ3) is 3.56. The highest BCUT2D eigenvalue weighted by molar-refractivity contribution is 9.10. The van der Waals surface area contributed by atoms with Crippen LogP contribution in [0.5, 0.6) is 0 Å².